The molecule has 0 atom stereocenters. The van der Waals surface area contributed by atoms with Crippen LogP contribution >= 0.6 is 11.3 Å². The average Bonchev–Trinajstić information content (AvgIpc) is 2.76. The van der Waals surface area contributed by atoms with Crippen LogP contribution in [0.5, 0.6) is 5.75 Å². The standard InChI is InChI=1S/C17H16OS/c1-12-15-9-8-14(18-2)11-17(15)19-16(12)10-13-6-4-3-5-7-13/h3-9,11H,10H2,1-2H3. The van der Waals surface area contributed by atoms with Gasteiger partial charge in [0, 0.05) is 16.0 Å². The van der Waals surface area contributed by atoms with Crippen LogP contribution in [0.1, 0.15) is 16.0 Å². The highest BCUT2D eigenvalue weighted by Gasteiger charge is 2.09. The Morgan fingerprint density at radius 3 is 2.58 bits per heavy atom. The van der Waals surface area contributed by atoms with E-state index in [0.717, 1.165) is 12.2 Å². The lowest BCUT2D eigenvalue weighted by Crippen LogP contribution is -1.85. The van der Waals surface area contributed by atoms with Gasteiger partial charge in [0.2, 0.25) is 0 Å². The minimum absolute atomic E-state index is 0.931. The highest BCUT2D eigenvalue weighted by Crippen LogP contribution is 2.34. The smallest absolute Gasteiger partial charge is 0.120 e. The second-order valence-electron chi connectivity index (χ2n) is 4.67. The molecule has 19 heavy (non-hydrogen) atoms. The first kappa shape index (κ1) is 12.2. The van der Waals surface area contributed by atoms with Crippen molar-refractivity contribution in [3.63, 3.8) is 0 Å². The maximum absolute atomic E-state index is 5.30. The number of rotatable bonds is 3. The molecule has 0 amide bonds. The molecule has 1 nitrogen and oxygen atoms in total. The highest BCUT2D eigenvalue weighted by atomic mass is 32.1. The summed E-state index contributed by atoms with van der Waals surface area (Å²) in [5.74, 6) is 0.931. The van der Waals surface area contributed by atoms with Gasteiger partial charge in [0.15, 0.2) is 0 Å². The zero-order chi connectivity index (χ0) is 13.2. The van der Waals surface area contributed by atoms with Gasteiger partial charge in [-0.3, -0.25) is 0 Å². The Labute approximate surface area is 117 Å². The number of fused-ring (bicyclic) bond motifs is 1. The normalized spacial score (nSPS) is 10.8. The van der Waals surface area contributed by atoms with Crippen molar-refractivity contribution < 1.29 is 4.74 Å². The summed E-state index contributed by atoms with van der Waals surface area (Å²) in [4.78, 5) is 1.44. The summed E-state index contributed by atoms with van der Waals surface area (Å²) >= 11 is 1.87. The van der Waals surface area contributed by atoms with Crippen molar-refractivity contribution in [1.29, 1.82) is 0 Å². The largest absolute Gasteiger partial charge is 0.497 e. The molecule has 0 radical (unpaired) electrons. The molecule has 1 aromatic heterocycles. The lowest BCUT2D eigenvalue weighted by atomic mass is 10.1. The van der Waals surface area contributed by atoms with E-state index in [1.165, 1.54) is 26.1 Å². The Kier molecular flexibility index (Phi) is 3.26. The zero-order valence-corrected chi connectivity index (χ0v) is 12.0. The van der Waals surface area contributed by atoms with Crippen molar-refractivity contribution >= 4 is 21.4 Å². The first-order chi connectivity index (χ1) is 9.28. The third kappa shape index (κ3) is 2.36. The van der Waals surface area contributed by atoms with Crippen LogP contribution in [0.3, 0.4) is 0 Å². The Morgan fingerprint density at radius 1 is 1.05 bits per heavy atom. The van der Waals surface area contributed by atoms with E-state index < -0.39 is 0 Å². The average molecular weight is 268 g/mol. The maximum Gasteiger partial charge on any atom is 0.120 e. The Bertz CT molecular complexity index is 698. The molecule has 0 saturated heterocycles. The van der Waals surface area contributed by atoms with E-state index >= 15 is 0 Å². The summed E-state index contributed by atoms with van der Waals surface area (Å²) in [7, 11) is 1.71. The van der Waals surface area contributed by atoms with E-state index in [1.54, 1.807) is 7.11 Å². The molecule has 0 aliphatic carbocycles. The molecule has 0 unspecified atom stereocenters. The summed E-state index contributed by atoms with van der Waals surface area (Å²) in [6.45, 7) is 2.21. The van der Waals surface area contributed by atoms with Gasteiger partial charge in [-0.25, -0.2) is 0 Å². The summed E-state index contributed by atoms with van der Waals surface area (Å²) < 4.78 is 6.60. The molecule has 2 heteroatoms. The van der Waals surface area contributed by atoms with Crippen LogP contribution in [-0.2, 0) is 6.42 Å². The first-order valence-electron chi connectivity index (χ1n) is 6.38. The fourth-order valence-corrected chi connectivity index (χ4v) is 3.61. The van der Waals surface area contributed by atoms with Crippen LogP contribution < -0.4 is 4.74 Å². The molecule has 0 fully saturated rings. The van der Waals surface area contributed by atoms with Crippen molar-refractivity contribution in [1.82, 2.24) is 0 Å². The quantitative estimate of drug-likeness (QED) is 0.662. The lowest BCUT2D eigenvalue weighted by molar-refractivity contribution is 0.415. The van der Waals surface area contributed by atoms with E-state index in [0.29, 0.717) is 0 Å². The van der Waals surface area contributed by atoms with Gasteiger partial charge >= 0.3 is 0 Å². The molecule has 0 aliphatic rings. The minimum Gasteiger partial charge on any atom is -0.497 e. The van der Waals surface area contributed by atoms with Crippen LogP contribution in [0.25, 0.3) is 10.1 Å². The fraction of sp³-hybridized carbons (Fsp3) is 0.176. The van der Waals surface area contributed by atoms with E-state index in [1.807, 2.05) is 17.4 Å². The molecular formula is C17H16OS. The molecule has 0 spiro atoms. The number of benzene rings is 2. The first-order valence-corrected chi connectivity index (χ1v) is 7.19. The molecule has 2 aromatic carbocycles. The Balaban J connectivity index is 2.02. The lowest BCUT2D eigenvalue weighted by Gasteiger charge is -2.00. The van der Waals surface area contributed by atoms with Crippen LogP contribution in [0, 0.1) is 6.92 Å². The van der Waals surface area contributed by atoms with Crippen LogP contribution in [-0.4, -0.2) is 7.11 Å². The van der Waals surface area contributed by atoms with Gasteiger partial charge in [-0.2, -0.15) is 0 Å². The van der Waals surface area contributed by atoms with E-state index in [9.17, 15) is 0 Å². The van der Waals surface area contributed by atoms with Gasteiger partial charge in [-0.1, -0.05) is 30.3 Å². The maximum atomic E-state index is 5.30. The number of methoxy groups -OCH3 is 1. The molecule has 3 aromatic rings. The number of ether oxygens (including phenoxy) is 1. The monoisotopic (exact) mass is 268 g/mol. The van der Waals surface area contributed by atoms with Crippen molar-refractivity contribution in [3.05, 3.63) is 64.5 Å². The Hall–Kier alpha value is -1.80. The van der Waals surface area contributed by atoms with E-state index in [-0.39, 0.29) is 0 Å². The molecule has 0 aliphatic heterocycles. The SMILES string of the molecule is COc1ccc2c(C)c(Cc3ccccc3)sc2c1. The third-order valence-corrected chi connectivity index (χ3v) is 4.71. The molecule has 1 heterocycles. The fourth-order valence-electron chi connectivity index (χ4n) is 2.33. The van der Waals surface area contributed by atoms with Crippen molar-refractivity contribution in [2.24, 2.45) is 0 Å². The zero-order valence-electron chi connectivity index (χ0n) is 11.1. The third-order valence-electron chi connectivity index (χ3n) is 3.45. The molecule has 0 bridgehead atoms. The number of hydrogen-bond acceptors (Lipinski definition) is 2. The molecular weight excluding hydrogens is 252 g/mol. The second-order valence-corrected chi connectivity index (χ2v) is 5.81. The number of hydrogen-bond donors (Lipinski definition) is 0. The summed E-state index contributed by atoms with van der Waals surface area (Å²) in [5, 5.41) is 1.34. The molecule has 0 N–H and O–H groups in total. The van der Waals surface area contributed by atoms with Crippen molar-refractivity contribution in [2.75, 3.05) is 7.11 Å². The van der Waals surface area contributed by atoms with Gasteiger partial charge in [-0.05, 0) is 41.6 Å². The van der Waals surface area contributed by atoms with Crippen molar-refractivity contribution in [2.45, 2.75) is 13.3 Å². The minimum atomic E-state index is 0.931. The van der Waals surface area contributed by atoms with Gasteiger partial charge in [0.05, 0.1) is 7.11 Å². The van der Waals surface area contributed by atoms with Crippen molar-refractivity contribution in [3.8, 4) is 5.75 Å². The van der Waals surface area contributed by atoms with Gasteiger partial charge in [-0.15, -0.1) is 11.3 Å². The second kappa shape index (κ2) is 5.06. The van der Waals surface area contributed by atoms with Gasteiger partial charge in [0.25, 0.3) is 0 Å². The van der Waals surface area contributed by atoms with Gasteiger partial charge < -0.3 is 4.74 Å². The predicted octanol–water partition coefficient (Wildman–Crippen LogP) is 4.81. The highest BCUT2D eigenvalue weighted by molar-refractivity contribution is 7.19. The molecule has 3 rings (SSSR count). The number of thiophene rings is 1. The van der Waals surface area contributed by atoms with Crippen LogP contribution in [0.15, 0.2) is 48.5 Å². The predicted molar refractivity (Wildman–Crippen MR) is 82.4 cm³/mol. The summed E-state index contributed by atoms with van der Waals surface area (Å²) in [5.41, 5.74) is 2.76. The van der Waals surface area contributed by atoms with Crippen LogP contribution in [0.2, 0.25) is 0 Å². The Morgan fingerprint density at radius 2 is 1.84 bits per heavy atom. The topological polar surface area (TPSA) is 9.23 Å². The molecule has 96 valence electrons. The van der Waals surface area contributed by atoms with Gasteiger partial charge in [0.1, 0.15) is 5.75 Å². The van der Waals surface area contributed by atoms with E-state index in [4.69, 9.17) is 4.74 Å². The summed E-state index contributed by atoms with van der Waals surface area (Å²) in [6.07, 6.45) is 1.01. The molecule has 0 saturated carbocycles. The van der Waals surface area contributed by atoms with E-state index in [2.05, 4.69) is 49.4 Å². The summed E-state index contributed by atoms with van der Waals surface area (Å²) in [6, 6.07) is 17.0. The number of aryl methyl sites for hydroxylation is 1. The van der Waals surface area contributed by atoms with Crippen LogP contribution in [0.4, 0.5) is 0 Å².